The van der Waals surface area contributed by atoms with Gasteiger partial charge < -0.3 is 0 Å². The Morgan fingerprint density at radius 2 is 2.00 bits per heavy atom. The Morgan fingerprint density at radius 1 is 1.27 bits per heavy atom. The summed E-state index contributed by atoms with van der Waals surface area (Å²) in [4.78, 5) is 0. The fourth-order valence-electron chi connectivity index (χ4n) is 1.00. The van der Waals surface area contributed by atoms with Crippen LogP contribution in [0.1, 0.15) is 18.9 Å². The van der Waals surface area contributed by atoms with Crippen LogP contribution < -0.4 is 0 Å². The van der Waals surface area contributed by atoms with E-state index in [4.69, 9.17) is 0 Å². The Labute approximate surface area is 64.9 Å². The van der Waals surface area contributed by atoms with Gasteiger partial charge in [0.1, 0.15) is 11.6 Å². The van der Waals surface area contributed by atoms with E-state index in [1.54, 1.807) is 0 Å². The number of halogens is 2. The summed E-state index contributed by atoms with van der Waals surface area (Å²) in [6.45, 7) is 1.93. The number of rotatable bonds is 2. The maximum absolute atomic E-state index is 12.8. The van der Waals surface area contributed by atoms with E-state index >= 15 is 0 Å². The van der Waals surface area contributed by atoms with Crippen LogP contribution in [-0.2, 0) is 6.42 Å². The molecule has 0 atom stereocenters. The topological polar surface area (TPSA) is 0 Å². The first-order valence-electron chi connectivity index (χ1n) is 3.68. The Bertz CT molecular complexity index is 243. The summed E-state index contributed by atoms with van der Waals surface area (Å²) in [5.74, 6) is -0.678. The normalized spacial score (nSPS) is 10.1. The van der Waals surface area contributed by atoms with Crippen LogP contribution in [0.3, 0.4) is 0 Å². The van der Waals surface area contributed by atoms with E-state index in [2.05, 4.69) is 0 Å². The molecule has 11 heavy (non-hydrogen) atoms. The second-order valence-corrected chi connectivity index (χ2v) is 2.49. The van der Waals surface area contributed by atoms with E-state index in [0.717, 1.165) is 12.5 Å². The monoisotopic (exact) mass is 156 g/mol. The summed E-state index contributed by atoms with van der Waals surface area (Å²) in [6, 6.07) is 3.55. The van der Waals surface area contributed by atoms with Crippen molar-refractivity contribution in [1.82, 2.24) is 0 Å². The molecular formula is C9H10F2. The van der Waals surface area contributed by atoms with Crippen molar-refractivity contribution >= 4 is 0 Å². The predicted molar refractivity (Wildman–Crippen MR) is 40.4 cm³/mol. The van der Waals surface area contributed by atoms with Crippen molar-refractivity contribution in [2.45, 2.75) is 19.8 Å². The molecule has 0 nitrogen and oxygen atoms in total. The van der Waals surface area contributed by atoms with Gasteiger partial charge >= 0.3 is 0 Å². The van der Waals surface area contributed by atoms with E-state index in [1.807, 2.05) is 6.92 Å². The van der Waals surface area contributed by atoms with Crippen LogP contribution in [0.25, 0.3) is 0 Å². The summed E-state index contributed by atoms with van der Waals surface area (Å²) in [6.07, 6.45) is 1.43. The fourth-order valence-corrected chi connectivity index (χ4v) is 1.00. The first-order chi connectivity index (χ1) is 5.24. The molecule has 0 fully saturated rings. The third kappa shape index (κ3) is 2.00. The van der Waals surface area contributed by atoms with Crippen molar-refractivity contribution in [3.8, 4) is 0 Å². The summed E-state index contributed by atoms with van der Waals surface area (Å²) >= 11 is 0. The number of benzene rings is 1. The predicted octanol–water partition coefficient (Wildman–Crippen LogP) is 2.92. The molecule has 0 N–H and O–H groups in total. The van der Waals surface area contributed by atoms with Crippen LogP contribution in [0.5, 0.6) is 0 Å². The van der Waals surface area contributed by atoms with Gasteiger partial charge in [-0.1, -0.05) is 13.3 Å². The SMILES string of the molecule is CCCc1cc(F)ccc1F. The molecule has 0 unspecified atom stereocenters. The molecule has 0 amide bonds. The number of aryl methyl sites for hydroxylation is 1. The number of hydrogen-bond acceptors (Lipinski definition) is 0. The zero-order valence-corrected chi connectivity index (χ0v) is 6.40. The molecule has 0 aliphatic rings. The van der Waals surface area contributed by atoms with Gasteiger partial charge in [-0.05, 0) is 30.2 Å². The van der Waals surface area contributed by atoms with Gasteiger partial charge in [0, 0.05) is 0 Å². The van der Waals surface area contributed by atoms with Gasteiger partial charge in [-0.2, -0.15) is 0 Å². The molecule has 0 heterocycles. The van der Waals surface area contributed by atoms with E-state index in [0.29, 0.717) is 12.0 Å². The summed E-state index contributed by atoms with van der Waals surface area (Å²) in [7, 11) is 0. The molecule has 0 saturated carbocycles. The van der Waals surface area contributed by atoms with Gasteiger partial charge in [-0.3, -0.25) is 0 Å². The first kappa shape index (κ1) is 8.18. The first-order valence-corrected chi connectivity index (χ1v) is 3.68. The van der Waals surface area contributed by atoms with Crippen LogP contribution in [0.4, 0.5) is 8.78 Å². The molecule has 60 valence electrons. The van der Waals surface area contributed by atoms with E-state index in [-0.39, 0.29) is 11.6 Å². The molecule has 0 spiro atoms. The maximum atomic E-state index is 12.8. The van der Waals surface area contributed by atoms with Crippen LogP contribution in [0.15, 0.2) is 18.2 Å². The standard InChI is InChI=1S/C9H10F2/c1-2-3-7-6-8(10)4-5-9(7)11/h4-6H,2-3H2,1H3. The fraction of sp³-hybridized carbons (Fsp3) is 0.333. The second kappa shape index (κ2) is 3.46. The van der Waals surface area contributed by atoms with E-state index in [9.17, 15) is 8.78 Å². The summed E-state index contributed by atoms with van der Waals surface area (Å²) in [5, 5.41) is 0. The molecule has 0 aromatic heterocycles. The minimum absolute atomic E-state index is 0.312. The molecule has 0 radical (unpaired) electrons. The van der Waals surface area contributed by atoms with Crippen LogP contribution in [0.2, 0.25) is 0 Å². The molecule has 0 bridgehead atoms. The zero-order chi connectivity index (χ0) is 8.27. The molecule has 1 rings (SSSR count). The number of hydrogen-bond donors (Lipinski definition) is 0. The zero-order valence-electron chi connectivity index (χ0n) is 6.40. The Morgan fingerprint density at radius 3 is 2.64 bits per heavy atom. The highest BCUT2D eigenvalue weighted by molar-refractivity contribution is 5.18. The molecular weight excluding hydrogens is 146 g/mol. The molecule has 0 aliphatic carbocycles. The lowest BCUT2D eigenvalue weighted by atomic mass is 10.1. The van der Waals surface area contributed by atoms with Gasteiger partial charge in [0.2, 0.25) is 0 Å². The van der Waals surface area contributed by atoms with Gasteiger partial charge in [0.05, 0.1) is 0 Å². The average molecular weight is 156 g/mol. The summed E-state index contributed by atoms with van der Waals surface area (Å²) in [5.41, 5.74) is 0.465. The average Bonchev–Trinajstić information content (AvgIpc) is 1.98. The minimum atomic E-state index is -0.366. The largest absolute Gasteiger partial charge is 0.207 e. The molecule has 1 aromatic carbocycles. The maximum Gasteiger partial charge on any atom is 0.126 e. The Hall–Kier alpha value is -0.920. The van der Waals surface area contributed by atoms with Crippen molar-refractivity contribution < 1.29 is 8.78 Å². The highest BCUT2D eigenvalue weighted by Crippen LogP contribution is 2.10. The highest BCUT2D eigenvalue weighted by atomic mass is 19.1. The quantitative estimate of drug-likeness (QED) is 0.617. The van der Waals surface area contributed by atoms with Crippen molar-refractivity contribution in [2.75, 3.05) is 0 Å². The van der Waals surface area contributed by atoms with Gasteiger partial charge in [0.25, 0.3) is 0 Å². The van der Waals surface area contributed by atoms with Gasteiger partial charge in [-0.25, -0.2) is 8.78 Å². The van der Waals surface area contributed by atoms with Gasteiger partial charge in [-0.15, -0.1) is 0 Å². The lowest BCUT2D eigenvalue weighted by molar-refractivity contribution is 0.583. The minimum Gasteiger partial charge on any atom is -0.207 e. The molecule has 0 aliphatic heterocycles. The lowest BCUT2D eigenvalue weighted by Crippen LogP contribution is -1.90. The van der Waals surface area contributed by atoms with Gasteiger partial charge in [0.15, 0.2) is 0 Å². The van der Waals surface area contributed by atoms with Crippen LogP contribution in [0, 0.1) is 11.6 Å². The Balaban J connectivity index is 2.93. The van der Waals surface area contributed by atoms with E-state index in [1.165, 1.54) is 12.1 Å². The van der Waals surface area contributed by atoms with Crippen molar-refractivity contribution in [1.29, 1.82) is 0 Å². The third-order valence-electron chi connectivity index (χ3n) is 1.53. The van der Waals surface area contributed by atoms with Crippen LogP contribution >= 0.6 is 0 Å². The summed E-state index contributed by atoms with van der Waals surface area (Å²) < 4.78 is 25.3. The lowest BCUT2D eigenvalue weighted by Gasteiger charge is -1.99. The van der Waals surface area contributed by atoms with Crippen molar-refractivity contribution in [3.63, 3.8) is 0 Å². The smallest absolute Gasteiger partial charge is 0.126 e. The molecule has 1 aromatic rings. The van der Waals surface area contributed by atoms with Crippen molar-refractivity contribution in [2.24, 2.45) is 0 Å². The molecule has 2 heteroatoms. The van der Waals surface area contributed by atoms with Crippen LogP contribution in [-0.4, -0.2) is 0 Å². The Kier molecular flexibility index (Phi) is 2.58. The van der Waals surface area contributed by atoms with Crippen molar-refractivity contribution in [3.05, 3.63) is 35.4 Å². The van der Waals surface area contributed by atoms with E-state index < -0.39 is 0 Å². The second-order valence-electron chi connectivity index (χ2n) is 2.49. The molecule has 0 saturated heterocycles. The third-order valence-corrected chi connectivity index (χ3v) is 1.53. The highest BCUT2D eigenvalue weighted by Gasteiger charge is 2.01.